The second kappa shape index (κ2) is 5.01. The Balaban J connectivity index is 1.73. The Morgan fingerprint density at radius 1 is 1.20 bits per heavy atom. The molecular formula is C14H22N6. The van der Waals surface area contributed by atoms with Gasteiger partial charge in [-0.15, -0.1) is 10.2 Å². The molecule has 0 amide bonds. The third kappa shape index (κ3) is 2.35. The summed E-state index contributed by atoms with van der Waals surface area (Å²) in [5.41, 5.74) is 2.44. The molecule has 108 valence electrons. The number of nitrogens with zero attached hydrogens (tertiary/aromatic N) is 6. The maximum Gasteiger partial charge on any atom is 0.147 e. The Bertz CT molecular complexity index is 609. The molecule has 0 fully saturated rings. The molecule has 0 saturated carbocycles. The summed E-state index contributed by atoms with van der Waals surface area (Å²) >= 11 is 0. The minimum absolute atomic E-state index is 0.412. The molecule has 0 aromatic carbocycles. The van der Waals surface area contributed by atoms with Crippen LogP contribution >= 0.6 is 0 Å². The molecule has 3 rings (SSSR count). The highest BCUT2D eigenvalue weighted by atomic mass is 15.3. The Hall–Kier alpha value is -1.69. The van der Waals surface area contributed by atoms with Crippen LogP contribution in [0, 0.1) is 13.8 Å². The van der Waals surface area contributed by atoms with Crippen LogP contribution in [-0.2, 0) is 19.6 Å². The van der Waals surface area contributed by atoms with Gasteiger partial charge in [0.1, 0.15) is 11.6 Å². The molecule has 2 aromatic heterocycles. The maximum atomic E-state index is 4.58. The molecule has 0 saturated heterocycles. The zero-order chi connectivity index (χ0) is 14.3. The van der Waals surface area contributed by atoms with Crippen LogP contribution in [0.2, 0.25) is 0 Å². The highest BCUT2D eigenvalue weighted by Crippen LogP contribution is 2.17. The monoisotopic (exact) mass is 274 g/mol. The summed E-state index contributed by atoms with van der Waals surface area (Å²) in [4.78, 5) is 2.41. The Kier molecular flexibility index (Phi) is 3.33. The Morgan fingerprint density at radius 3 is 2.70 bits per heavy atom. The summed E-state index contributed by atoms with van der Waals surface area (Å²) in [6, 6.07) is 0.412. The fraction of sp³-hybridized carbons (Fsp3) is 0.643. The molecule has 0 bridgehead atoms. The normalized spacial score (nSPS) is 15.8. The molecule has 1 aliphatic heterocycles. The lowest BCUT2D eigenvalue weighted by molar-refractivity contribution is 0.207. The van der Waals surface area contributed by atoms with Crippen molar-refractivity contribution < 1.29 is 0 Å². The summed E-state index contributed by atoms with van der Waals surface area (Å²) in [5.74, 6) is 2.09. The predicted molar refractivity (Wildman–Crippen MR) is 76.2 cm³/mol. The summed E-state index contributed by atoms with van der Waals surface area (Å²) in [6.07, 6.45) is 2.17. The van der Waals surface area contributed by atoms with Crippen molar-refractivity contribution in [2.75, 3.05) is 6.54 Å². The van der Waals surface area contributed by atoms with Crippen LogP contribution in [0.3, 0.4) is 0 Å². The molecule has 20 heavy (non-hydrogen) atoms. The fourth-order valence-electron chi connectivity index (χ4n) is 2.67. The predicted octanol–water partition coefficient (Wildman–Crippen LogP) is 1.69. The van der Waals surface area contributed by atoms with Crippen LogP contribution in [-0.4, -0.2) is 36.0 Å². The van der Waals surface area contributed by atoms with Gasteiger partial charge in [-0.25, -0.2) is 0 Å². The minimum atomic E-state index is 0.412. The van der Waals surface area contributed by atoms with E-state index in [4.69, 9.17) is 0 Å². The molecule has 1 aliphatic rings. The van der Waals surface area contributed by atoms with Crippen molar-refractivity contribution in [3.63, 3.8) is 0 Å². The van der Waals surface area contributed by atoms with E-state index in [2.05, 4.69) is 51.7 Å². The van der Waals surface area contributed by atoms with Crippen molar-refractivity contribution in [1.29, 1.82) is 0 Å². The average molecular weight is 274 g/mol. The van der Waals surface area contributed by atoms with Crippen LogP contribution in [0.1, 0.15) is 42.8 Å². The molecule has 0 atom stereocenters. The molecule has 6 heteroatoms. The van der Waals surface area contributed by atoms with E-state index in [0.29, 0.717) is 6.04 Å². The van der Waals surface area contributed by atoms with Crippen molar-refractivity contribution in [1.82, 2.24) is 29.4 Å². The standard InChI is InChI=1S/C14H22N6/c1-10(2)20-8-13(11(3)17-20)7-18-5-6-19-12(4)15-16-14(19)9-18/h8,10H,5-7,9H2,1-4H3. The van der Waals surface area contributed by atoms with Gasteiger partial charge in [-0.2, -0.15) is 5.10 Å². The molecule has 2 aromatic rings. The van der Waals surface area contributed by atoms with E-state index >= 15 is 0 Å². The summed E-state index contributed by atoms with van der Waals surface area (Å²) < 4.78 is 4.25. The van der Waals surface area contributed by atoms with Crippen LogP contribution in [0.25, 0.3) is 0 Å². The molecule has 0 N–H and O–H groups in total. The third-order valence-electron chi connectivity index (χ3n) is 3.96. The summed E-state index contributed by atoms with van der Waals surface area (Å²) in [5, 5.41) is 13.0. The first-order valence-corrected chi connectivity index (χ1v) is 7.20. The SMILES string of the molecule is Cc1nn(C(C)C)cc1CN1CCn2c(C)nnc2C1. The topological polar surface area (TPSA) is 51.8 Å². The van der Waals surface area contributed by atoms with E-state index in [0.717, 1.165) is 43.5 Å². The number of aryl methyl sites for hydroxylation is 2. The lowest BCUT2D eigenvalue weighted by Gasteiger charge is -2.27. The largest absolute Gasteiger partial charge is 0.313 e. The van der Waals surface area contributed by atoms with E-state index < -0.39 is 0 Å². The fourth-order valence-corrected chi connectivity index (χ4v) is 2.67. The molecular weight excluding hydrogens is 252 g/mol. The highest BCUT2D eigenvalue weighted by molar-refractivity contribution is 5.16. The molecule has 0 unspecified atom stereocenters. The van der Waals surface area contributed by atoms with Crippen molar-refractivity contribution in [2.45, 2.75) is 53.4 Å². The second-order valence-corrected chi connectivity index (χ2v) is 5.84. The quantitative estimate of drug-likeness (QED) is 0.854. The highest BCUT2D eigenvalue weighted by Gasteiger charge is 2.20. The number of hydrogen-bond acceptors (Lipinski definition) is 4. The first-order valence-electron chi connectivity index (χ1n) is 7.20. The van der Waals surface area contributed by atoms with Gasteiger partial charge in [-0.05, 0) is 27.7 Å². The average Bonchev–Trinajstić information content (AvgIpc) is 2.95. The van der Waals surface area contributed by atoms with Crippen molar-refractivity contribution in [2.24, 2.45) is 0 Å². The summed E-state index contributed by atoms with van der Waals surface area (Å²) in [6.45, 7) is 12.2. The van der Waals surface area contributed by atoms with Crippen molar-refractivity contribution in [3.05, 3.63) is 29.1 Å². The number of fused-ring (bicyclic) bond motifs is 1. The number of rotatable bonds is 3. The van der Waals surface area contributed by atoms with E-state index in [1.165, 1.54) is 5.56 Å². The van der Waals surface area contributed by atoms with Crippen LogP contribution in [0.15, 0.2) is 6.20 Å². The van der Waals surface area contributed by atoms with Crippen molar-refractivity contribution >= 4 is 0 Å². The lowest BCUT2D eigenvalue weighted by Crippen LogP contribution is -2.33. The molecule has 0 radical (unpaired) electrons. The van der Waals surface area contributed by atoms with Gasteiger partial charge < -0.3 is 4.57 Å². The molecule has 3 heterocycles. The second-order valence-electron chi connectivity index (χ2n) is 5.84. The van der Waals surface area contributed by atoms with E-state index in [1.54, 1.807) is 0 Å². The third-order valence-corrected chi connectivity index (χ3v) is 3.96. The number of hydrogen-bond donors (Lipinski definition) is 0. The molecule has 6 nitrogen and oxygen atoms in total. The smallest absolute Gasteiger partial charge is 0.147 e. The summed E-state index contributed by atoms with van der Waals surface area (Å²) in [7, 11) is 0. The molecule has 0 spiro atoms. The zero-order valence-corrected chi connectivity index (χ0v) is 12.7. The number of aromatic nitrogens is 5. The van der Waals surface area contributed by atoms with E-state index in [-0.39, 0.29) is 0 Å². The zero-order valence-electron chi connectivity index (χ0n) is 12.7. The maximum absolute atomic E-state index is 4.58. The van der Waals surface area contributed by atoms with Gasteiger partial charge in [-0.1, -0.05) is 0 Å². The van der Waals surface area contributed by atoms with Crippen molar-refractivity contribution in [3.8, 4) is 0 Å². The van der Waals surface area contributed by atoms with Gasteiger partial charge in [-0.3, -0.25) is 9.58 Å². The minimum Gasteiger partial charge on any atom is -0.313 e. The van der Waals surface area contributed by atoms with Crippen LogP contribution in [0.4, 0.5) is 0 Å². The van der Waals surface area contributed by atoms with Gasteiger partial charge in [0.25, 0.3) is 0 Å². The van der Waals surface area contributed by atoms with Gasteiger partial charge in [0.05, 0.1) is 12.2 Å². The van der Waals surface area contributed by atoms with Gasteiger partial charge in [0.15, 0.2) is 0 Å². The van der Waals surface area contributed by atoms with Gasteiger partial charge in [0.2, 0.25) is 0 Å². The van der Waals surface area contributed by atoms with Gasteiger partial charge in [0, 0.05) is 37.4 Å². The first kappa shape index (κ1) is 13.3. The lowest BCUT2D eigenvalue weighted by atomic mass is 10.2. The van der Waals surface area contributed by atoms with E-state index in [1.807, 2.05) is 11.6 Å². The first-order chi connectivity index (χ1) is 9.54. The van der Waals surface area contributed by atoms with Crippen LogP contribution < -0.4 is 0 Å². The molecule has 0 aliphatic carbocycles. The van der Waals surface area contributed by atoms with Crippen LogP contribution in [0.5, 0.6) is 0 Å². The Morgan fingerprint density at radius 2 is 2.00 bits per heavy atom. The Labute approximate surface area is 119 Å². The van der Waals surface area contributed by atoms with E-state index in [9.17, 15) is 0 Å². The van der Waals surface area contributed by atoms with Gasteiger partial charge >= 0.3 is 0 Å².